The van der Waals surface area contributed by atoms with Gasteiger partial charge >= 0.3 is 0 Å². The predicted octanol–water partition coefficient (Wildman–Crippen LogP) is 2.03. The van der Waals surface area contributed by atoms with E-state index in [0.29, 0.717) is 6.42 Å². The molecule has 1 aliphatic carbocycles. The second kappa shape index (κ2) is 6.56. The molecule has 140 valence electrons. The minimum atomic E-state index is -0.172. The quantitative estimate of drug-likeness (QED) is 0.642. The standard InChI is InChI=1S/C20H27FN4O/c1-22-18(25-9-3-6-19(14-25)11-17(26)23-12-19)24-13-20(7-8-20)15-4-2-5-16(21)10-15/h2,4-5,10H,3,6-9,11-14H2,1H3,(H,22,24)(H,23,26). The molecular weight excluding hydrogens is 331 g/mol. The summed E-state index contributed by atoms with van der Waals surface area (Å²) >= 11 is 0. The summed E-state index contributed by atoms with van der Waals surface area (Å²) in [4.78, 5) is 18.5. The topological polar surface area (TPSA) is 56.7 Å². The zero-order valence-corrected chi connectivity index (χ0v) is 15.4. The van der Waals surface area contributed by atoms with Gasteiger partial charge in [0, 0.05) is 50.5 Å². The number of guanidine groups is 1. The van der Waals surface area contributed by atoms with Gasteiger partial charge in [0.1, 0.15) is 5.82 Å². The molecule has 2 saturated heterocycles. The van der Waals surface area contributed by atoms with Gasteiger partial charge in [0.05, 0.1) is 0 Å². The van der Waals surface area contributed by atoms with Crippen molar-refractivity contribution in [2.75, 3.05) is 33.2 Å². The Morgan fingerprint density at radius 2 is 2.23 bits per heavy atom. The average Bonchev–Trinajstić information content (AvgIpc) is 3.35. The molecule has 0 aromatic heterocycles. The molecule has 2 N–H and O–H groups in total. The molecule has 0 radical (unpaired) electrons. The minimum absolute atomic E-state index is 0.0242. The van der Waals surface area contributed by atoms with Crippen LogP contribution in [-0.2, 0) is 10.2 Å². The van der Waals surface area contributed by atoms with Crippen molar-refractivity contribution in [1.29, 1.82) is 0 Å². The fraction of sp³-hybridized carbons (Fsp3) is 0.600. The van der Waals surface area contributed by atoms with Crippen molar-refractivity contribution >= 4 is 11.9 Å². The third kappa shape index (κ3) is 3.29. The van der Waals surface area contributed by atoms with Crippen molar-refractivity contribution in [3.05, 3.63) is 35.6 Å². The first-order chi connectivity index (χ1) is 12.5. The Labute approximate surface area is 154 Å². The lowest BCUT2D eigenvalue weighted by Gasteiger charge is -2.41. The molecule has 1 amide bonds. The van der Waals surface area contributed by atoms with Crippen LogP contribution in [0.1, 0.15) is 37.7 Å². The van der Waals surface area contributed by atoms with Gasteiger partial charge in [0.2, 0.25) is 5.91 Å². The van der Waals surface area contributed by atoms with Gasteiger partial charge in [-0.25, -0.2) is 4.39 Å². The van der Waals surface area contributed by atoms with Crippen LogP contribution in [-0.4, -0.2) is 50.0 Å². The van der Waals surface area contributed by atoms with Crippen LogP contribution < -0.4 is 10.6 Å². The van der Waals surface area contributed by atoms with Crippen LogP contribution in [0.25, 0.3) is 0 Å². The number of benzene rings is 1. The maximum Gasteiger partial charge on any atom is 0.220 e. The Hall–Kier alpha value is -2.11. The highest BCUT2D eigenvalue weighted by Crippen LogP contribution is 2.47. The van der Waals surface area contributed by atoms with Crippen LogP contribution in [0, 0.1) is 11.2 Å². The summed E-state index contributed by atoms with van der Waals surface area (Å²) in [6.07, 6.45) is 4.93. The lowest BCUT2D eigenvalue weighted by Crippen LogP contribution is -2.52. The lowest BCUT2D eigenvalue weighted by atomic mass is 9.79. The van der Waals surface area contributed by atoms with Gasteiger partial charge in [-0.2, -0.15) is 0 Å². The van der Waals surface area contributed by atoms with Crippen molar-refractivity contribution < 1.29 is 9.18 Å². The van der Waals surface area contributed by atoms with E-state index in [0.717, 1.165) is 63.4 Å². The van der Waals surface area contributed by atoms with Crippen LogP contribution >= 0.6 is 0 Å². The summed E-state index contributed by atoms with van der Waals surface area (Å²) in [5, 5.41) is 6.51. The highest BCUT2D eigenvalue weighted by molar-refractivity contribution is 5.82. The van der Waals surface area contributed by atoms with Crippen LogP contribution in [0.2, 0.25) is 0 Å². The number of nitrogens with zero attached hydrogens (tertiary/aromatic N) is 2. The Morgan fingerprint density at radius 3 is 2.88 bits per heavy atom. The number of piperidine rings is 1. The maximum absolute atomic E-state index is 13.6. The van der Waals surface area contributed by atoms with E-state index in [9.17, 15) is 9.18 Å². The number of halogens is 1. The summed E-state index contributed by atoms with van der Waals surface area (Å²) < 4.78 is 13.6. The van der Waals surface area contributed by atoms with Crippen LogP contribution in [0.3, 0.4) is 0 Å². The monoisotopic (exact) mass is 358 g/mol. The molecule has 1 aromatic rings. The van der Waals surface area contributed by atoms with Crippen LogP contribution in [0.15, 0.2) is 29.3 Å². The molecule has 1 aromatic carbocycles. The largest absolute Gasteiger partial charge is 0.355 e. The smallest absolute Gasteiger partial charge is 0.220 e. The summed E-state index contributed by atoms with van der Waals surface area (Å²) in [6, 6.07) is 6.96. The number of carbonyl (C=O) groups is 1. The average molecular weight is 358 g/mol. The van der Waals surface area contributed by atoms with Gasteiger partial charge in [-0.1, -0.05) is 12.1 Å². The number of amides is 1. The van der Waals surface area contributed by atoms with Gasteiger partial charge in [0.15, 0.2) is 5.96 Å². The van der Waals surface area contributed by atoms with E-state index in [1.807, 2.05) is 13.1 Å². The number of nitrogens with one attached hydrogen (secondary N) is 2. The second-order valence-electron chi connectivity index (χ2n) is 8.17. The fourth-order valence-corrected chi connectivity index (χ4v) is 4.55. The molecule has 3 aliphatic rings. The van der Waals surface area contributed by atoms with Crippen molar-refractivity contribution in [2.45, 2.75) is 37.5 Å². The fourth-order valence-electron chi connectivity index (χ4n) is 4.55. The van der Waals surface area contributed by atoms with Crippen molar-refractivity contribution in [1.82, 2.24) is 15.5 Å². The predicted molar refractivity (Wildman–Crippen MR) is 99.5 cm³/mol. The Morgan fingerprint density at radius 1 is 1.38 bits per heavy atom. The van der Waals surface area contributed by atoms with Crippen molar-refractivity contribution in [2.24, 2.45) is 10.4 Å². The first-order valence-electron chi connectivity index (χ1n) is 9.53. The van der Waals surface area contributed by atoms with E-state index < -0.39 is 0 Å². The van der Waals surface area contributed by atoms with E-state index in [-0.39, 0.29) is 22.6 Å². The molecule has 0 bridgehead atoms. The molecule has 1 atom stereocenters. The highest BCUT2D eigenvalue weighted by atomic mass is 19.1. The summed E-state index contributed by atoms with van der Waals surface area (Å²) in [5.74, 6) is 0.887. The lowest BCUT2D eigenvalue weighted by molar-refractivity contribution is -0.119. The number of rotatable bonds is 3. The zero-order chi connectivity index (χ0) is 18.2. The molecule has 4 rings (SSSR count). The van der Waals surface area contributed by atoms with Crippen molar-refractivity contribution in [3.8, 4) is 0 Å². The number of likely N-dealkylation sites (tertiary alicyclic amines) is 1. The summed E-state index contributed by atoms with van der Waals surface area (Å²) in [6.45, 7) is 3.36. The number of hydrogen-bond acceptors (Lipinski definition) is 2. The molecule has 6 heteroatoms. The molecule has 2 heterocycles. The molecule has 1 spiro atoms. The van der Waals surface area contributed by atoms with E-state index in [1.54, 1.807) is 12.1 Å². The zero-order valence-electron chi connectivity index (χ0n) is 15.4. The highest BCUT2D eigenvalue weighted by Gasteiger charge is 2.45. The van der Waals surface area contributed by atoms with E-state index >= 15 is 0 Å². The van der Waals surface area contributed by atoms with Gasteiger partial charge in [-0.3, -0.25) is 9.79 Å². The Bertz CT molecular complexity index is 730. The number of carbonyl (C=O) groups excluding carboxylic acids is 1. The van der Waals surface area contributed by atoms with Gasteiger partial charge in [0.25, 0.3) is 0 Å². The van der Waals surface area contributed by atoms with Crippen molar-refractivity contribution in [3.63, 3.8) is 0 Å². The second-order valence-corrected chi connectivity index (χ2v) is 8.17. The summed E-state index contributed by atoms with van der Waals surface area (Å²) in [5.41, 5.74) is 1.14. The molecule has 26 heavy (non-hydrogen) atoms. The van der Waals surface area contributed by atoms with E-state index in [4.69, 9.17) is 0 Å². The van der Waals surface area contributed by atoms with E-state index in [1.165, 1.54) is 6.07 Å². The Balaban J connectivity index is 1.41. The maximum atomic E-state index is 13.6. The normalized spacial score (nSPS) is 27.5. The summed E-state index contributed by atoms with van der Waals surface area (Å²) in [7, 11) is 1.81. The molecular formula is C20H27FN4O. The van der Waals surface area contributed by atoms with Gasteiger partial charge in [-0.15, -0.1) is 0 Å². The molecule has 1 unspecified atom stereocenters. The first-order valence-corrected chi connectivity index (χ1v) is 9.53. The molecule has 5 nitrogen and oxygen atoms in total. The van der Waals surface area contributed by atoms with Crippen LogP contribution in [0.5, 0.6) is 0 Å². The first kappa shape index (κ1) is 17.3. The van der Waals surface area contributed by atoms with Crippen LogP contribution in [0.4, 0.5) is 4.39 Å². The Kier molecular flexibility index (Phi) is 4.37. The van der Waals surface area contributed by atoms with Gasteiger partial charge in [-0.05, 0) is 43.4 Å². The molecule has 3 fully saturated rings. The SMILES string of the molecule is CN=C(NCC1(c2cccc(F)c2)CC1)N1CCCC2(CNC(=O)C2)C1. The third-order valence-electron chi connectivity index (χ3n) is 6.24. The third-order valence-corrected chi connectivity index (χ3v) is 6.24. The number of aliphatic imine (C=N–C) groups is 1. The van der Waals surface area contributed by atoms with Gasteiger partial charge < -0.3 is 15.5 Å². The minimum Gasteiger partial charge on any atom is -0.355 e. The number of hydrogen-bond donors (Lipinski definition) is 2. The molecule has 1 saturated carbocycles. The van der Waals surface area contributed by atoms with E-state index in [2.05, 4.69) is 20.5 Å². The molecule has 2 aliphatic heterocycles.